The van der Waals surface area contributed by atoms with Gasteiger partial charge in [-0.2, -0.15) is 0 Å². The molecule has 2 aromatic rings. The summed E-state index contributed by atoms with van der Waals surface area (Å²) in [6.07, 6.45) is -0.982. The molecule has 1 unspecified atom stereocenters. The van der Waals surface area contributed by atoms with Crippen molar-refractivity contribution in [3.63, 3.8) is 0 Å². The number of carboxylic acids is 1. The highest BCUT2D eigenvalue weighted by Crippen LogP contribution is 2.13. The van der Waals surface area contributed by atoms with Gasteiger partial charge < -0.3 is 9.84 Å². The fourth-order valence-electron chi connectivity index (χ4n) is 1.97. The number of nitrogens with zero attached hydrogens (tertiary/aromatic N) is 1. The third kappa shape index (κ3) is 3.96. The second-order valence-corrected chi connectivity index (χ2v) is 4.97. The molecule has 0 saturated heterocycles. The molecule has 2 aromatic carbocycles. The van der Waals surface area contributed by atoms with Gasteiger partial charge in [-0.25, -0.2) is 15.6 Å². The van der Waals surface area contributed by atoms with Crippen LogP contribution in [0.1, 0.15) is 27.6 Å². The number of benzene rings is 2. The van der Waals surface area contributed by atoms with E-state index in [1.807, 2.05) is 0 Å². The lowest BCUT2D eigenvalue weighted by Crippen LogP contribution is -2.48. The Bertz CT molecular complexity index is 761. The van der Waals surface area contributed by atoms with Crippen LogP contribution in [0.2, 0.25) is 0 Å². The Morgan fingerprint density at radius 1 is 1.04 bits per heavy atom. The van der Waals surface area contributed by atoms with Gasteiger partial charge in [0, 0.05) is 5.56 Å². The first kappa shape index (κ1) is 17.2. The monoisotopic (exact) mass is 328 g/mol. The number of aromatic carboxylic acids is 1. The third-order valence-corrected chi connectivity index (χ3v) is 3.22. The number of carbonyl (C=O) groups is 3. The molecule has 7 heteroatoms. The number of nitrogens with two attached hydrogens (primary N) is 1. The van der Waals surface area contributed by atoms with Crippen LogP contribution in [0.15, 0.2) is 54.6 Å². The number of imide groups is 1. The molecule has 24 heavy (non-hydrogen) atoms. The number of carboxylic acid groups (broad SMARTS) is 1. The van der Waals surface area contributed by atoms with E-state index in [-0.39, 0.29) is 11.1 Å². The summed E-state index contributed by atoms with van der Waals surface area (Å²) in [4.78, 5) is 35.4. The van der Waals surface area contributed by atoms with Crippen molar-refractivity contribution in [3.8, 4) is 5.75 Å². The smallest absolute Gasteiger partial charge is 0.335 e. The van der Waals surface area contributed by atoms with E-state index in [9.17, 15) is 14.4 Å². The summed E-state index contributed by atoms with van der Waals surface area (Å²) in [5.74, 6) is 3.31. The summed E-state index contributed by atoms with van der Waals surface area (Å²) in [6, 6.07) is 13.9. The van der Waals surface area contributed by atoms with Gasteiger partial charge in [0.25, 0.3) is 11.8 Å². The van der Waals surface area contributed by atoms with Crippen LogP contribution in [-0.4, -0.2) is 34.0 Å². The molecule has 124 valence electrons. The van der Waals surface area contributed by atoms with Crippen molar-refractivity contribution in [3.05, 3.63) is 65.7 Å². The van der Waals surface area contributed by atoms with Crippen LogP contribution in [0, 0.1) is 0 Å². The molecule has 0 aliphatic heterocycles. The predicted octanol–water partition coefficient (Wildman–Crippen LogP) is 1.69. The zero-order chi connectivity index (χ0) is 17.7. The Labute approximate surface area is 138 Å². The van der Waals surface area contributed by atoms with Crippen LogP contribution in [-0.2, 0) is 4.79 Å². The van der Waals surface area contributed by atoms with Crippen LogP contribution in [0.4, 0.5) is 0 Å². The Balaban J connectivity index is 2.10. The molecule has 0 radical (unpaired) electrons. The molecule has 0 bridgehead atoms. The SMILES string of the molecule is CC(Oc1ccccc1)C(=O)N(N)C(=O)c1cccc(C(=O)O)c1. The number of ether oxygens (including phenoxy) is 1. The lowest BCUT2D eigenvalue weighted by molar-refractivity contribution is -0.135. The highest BCUT2D eigenvalue weighted by molar-refractivity contribution is 6.06. The summed E-state index contributed by atoms with van der Waals surface area (Å²) in [7, 11) is 0. The minimum absolute atomic E-state index is 0.00217. The molecule has 2 rings (SSSR count). The fraction of sp³-hybridized carbons (Fsp3) is 0.118. The standard InChI is InChI=1S/C17H16N2O5/c1-11(24-14-8-3-2-4-9-14)15(20)19(18)16(21)12-6-5-7-13(10-12)17(22)23/h2-11H,18H2,1H3,(H,22,23). The molecular formula is C17H16N2O5. The maximum absolute atomic E-state index is 12.2. The average molecular weight is 328 g/mol. The van der Waals surface area contributed by atoms with Crippen molar-refractivity contribution in [2.24, 2.45) is 5.84 Å². The normalized spacial score (nSPS) is 11.4. The zero-order valence-electron chi connectivity index (χ0n) is 12.9. The lowest BCUT2D eigenvalue weighted by Gasteiger charge is -2.20. The van der Waals surface area contributed by atoms with Gasteiger partial charge in [0.15, 0.2) is 6.10 Å². The summed E-state index contributed by atoms with van der Waals surface area (Å²) >= 11 is 0. The van der Waals surface area contributed by atoms with Crippen LogP contribution in [0.5, 0.6) is 5.75 Å². The molecule has 1 atom stereocenters. The van der Waals surface area contributed by atoms with Crippen molar-refractivity contribution in [2.45, 2.75) is 13.0 Å². The van der Waals surface area contributed by atoms with Crippen molar-refractivity contribution in [1.82, 2.24) is 5.01 Å². The minimum atomic E-state index is -1.18. The molecule has 0 spiro atoms. The van der Waals surface area contributed by atoms with E-state index in [2.05, 4.69) is 0 Å². The molecule has 0 aliphatic carbocycles. The summed E-state index contributed by atoms with van der Waals surface area (Å²) in [6.45, 7) is 1.47. The summed E-state index contributed by atoms with van der Waals surface area (Å²) in [5.41, 5.74) is -0.0760. The van der Waals surface area contributed by atoms with Crippen molar-refractivity contribution < 1.29 is 24.2 Å². The van der Waals surface area contributed by atoms with Crippen molar-refractivity contribution in [1.29, 1.82) is 0 Å². The molecule has 0 saturated carbocycles. The average Bonchev–Trinajstić information content (AvgIpc) is 2.60. The van der Waals surface area contributed by atoms with Crippen molar-refractivity contribution >= 4 is 17.8 Å². The van der Waals surface area contributed by atoms with Gasteiger partial charge in [-0.1, -0.05) is 24.3 Å². The number of carbonyl (C=O) groups excluding carboxylic acids is 2. The Morgan fingerprint density at radius 3 is 2.29 bits per heavy atom. The van der Waals surface area contributed by atoms with Crippen molar-refractivity contribution in [2.75, 3.05) is 0 Å². The highest BCUT2D eigenvalue weighted by Gasteiger charge is 2.26. The predicted molar refractivity (Wildman–Crippen MR) is 85.3 cm³/mol. The van der Waals surface area contributed by atoms with Crippen LogP contribution < -0.4 is 10.6 Å². The number of rotatable bonds is 5. The van der Waals surface area contributed by atoms with E-state index in [1.54, 1.807) is 30.3 Å². The van der Waals surface area contributed by atoms with E-state index >= 15 is 0 Å². The number of hydrazine groups is 1. The third-order valence-electron chi connectivity index (χ3n) is 3.22. The molecule has 2 amide bonds. The molecule has 0 aliphatic rings. The van der Waals surface area contributed by atoms with Crippen LogP contribution >= 0.6 is 0 Å². The topological polar surface area (TPSA) is 110 Å². The molecule has 0 fully saturated rings. The van der Waals surface area contributed by atoms with Gasteiger partial charge in [0.05, 0.1) is 5.56 Å². The molecular weight excluding hydrogens is 312 g/mol. The molecule has 7 nitrogen and oxygen atoms in total. The quantitative estimate of drug-likeness (QED) is 0.491. The van der Waals surface area contributed by atoms with Gasteiger partial charge in [-0.15, -0.1) is 0 Å². The van der Waals surface area contributed by atoms with Gasteiger partial charge in [0.2, 0.25) is 0 Å². The van der Waals surface area contributed by atoms with E-state index in [1.165, 1.54) is 25.1 Å². The van der Waals surface area contributed by atoms with Gasteiger partial charge in [-0.05, 0) is 37.3 Å². The molecule has 0 aromatic heterocycles. The first-order valence-corrected chi connectivity index (χ1v) is 7.08. The highest BCUT2D eigenvalue weighted by atomic mass is 16.5. The largest absolute Gasteiger partial charge is 0.481 e. The van der Waals surface area contributed by atoms with E-state index in [4.69, 9.17) is 15.7 Å². The van der Waals surface area contributed by atoms with Crippen LogP contribution in [0.25, 0.3) is 0 Å². The number of hydrogen-bond acceptors (Lipinski definition) is 5. The van der Waals surface area contributed by atoms with E-state index in [0.717, 1.165) is 6.07 Å². The maximum Gasteiger partial charge on any atom is 0.335 e. The fourth-order valence-corrected chi connectivity index (χ4v) is 1.97. The Morgan fingerprint density at radius 2 is 1.67 bits per heavy atom. The number of amides is 2. The second-order valence-electron chi connectivity index (χ2n) is 4.97. The Kier molecular flexibility index (Phi) is 5.28. The number of para-hydroxylation sites is 1. The van der Waals surface area contributed by atoms with E-state index < -0.39 is 23.9 Å². The lowest BCUT2D eigenvalue weighted by atomic mass is 10.1. The molecule has 0 heterocycles. The van der Waals surface area contributed by atoms with Gasteiger partial charge in [0.1, 0.15) is 5.75 Å². The first-order valence-electron chi connectivity index (χ1n) is 7.08. The van der Waals surface area contributed by atoms with Crippen LogP contribution in [0.3, 0.4) is 0 Å². The summed E-state index contributed by atoms with van der Waals surface area (Å²) in [5, 5.41) is 9.37. The summed E-state index contributed by atoms with van der Waals surface area (Å²) < 4.78 is 5.43. The first-order chi connectivity index (χ1) is 11.4. The number of hydrogen-bond donors (Lipinski definition) is 2. The van der Waals surface area contributed by atoms with Gasteiger partial charge in [-0.3, -0.25) is 9.59 Å². The second kappa shape index (κ2) is 7.38. The maximum atomic E-state index is 12.2. The van der Waals surface area contributed by atoms with Gasteiger partial charge >= 0.3 is 5.97 Å². The molecule has 3 N–H and O–H groups in total. The Hall–Kier alpha value is -3.19. The zero-order valence-corrected chi connectivity index (χ0v) is 12.9. The van der Waals surface area contributed by atoms with E-state index in [0.29, 0.717) is 10.8 Å². The minimum Gasteiger partial charge on any atom is -0.481 e.